The standard InChI is InChI=1S/C29H28FN7O3/c1-32-23-14-34-36(2)28(23)18-8-7-17(24(11-18)37-15-19(31)13-20(37)16-38)12-25(39)22-9-10-33-29(35-22)27-21(30)5-4-6-26(27)40-3/h4-11,14,19-20,38H,12-13,15-16,31H2,2-3H3/t19-,20-/m0/s1. The minimum absolute atomic E-state index is 0.00851. The van der Waals surface area contributed by atoms with E-state index in [1.807, 2.05) is 23.1 Å². The third-order valence-electron chi connectivity index (χ3n) is 7.08. The molecule has 1 aliphatic rings. The first-order chi connectivity index (χ1) is 19.3. The maximum absolute atomic E-state index is 14.7. The van der Waals surface area contributed by atoms with Crippen molar-refractivity contribution in [3.8, 4) is 28.4 Å². The van der Waals surface area contributed by atoms with Crippen molar-refractivity contribution in [2.45, 2.75) is 24.9 Å². The number of carbonyl (C=O) groups excluding carboxylic acids is 1. The first-order valence-electron chi connectivity index (χ1n) is 12.7. The van der Waals surface area contributed by atoms with E-state index in [4.69, 9.17) is 17.0 Å². The molecule has 1 saturated heterocycles. The Hall–Kier alpha value is -4.66. The van der Waals surface area contributed by atoms with E-state index in [2.05, 4.69) is 19.9 Å². The Labute approximate surface area is 230 Å². The van der Waals surface area contributed by atoms with Gasteiger partial charge in [0, 0.05) is 37.9 Å². The van der Waals surface area contributed by atoms with Crippen LogP contribution in [0.4, 0.5) is 15.8 Å². The largest absolute Gasteiger partial charge is 0.496 e. The fourth-order valence-corrected chi connectivity index (χ4v) is 5.18. The van der Waals surface area contributed by atoms with Crippen LogP contribution in [0.15, 0.2) is 54.9 Å². The van der Waals surface area contributed by atoms with E-state index in [9.17, 15) is 14.3 Å². The molecule has 2 aromatic carbocycles. The van der Waals surface area contributed by atoms with Gasteiger partial charge >= 0.3 is 0 Å². The molecule has 0 amide bonds. The van der Waals surface area contributed by atoms with E-state index in [1.54, 1.807) is 17.8 Å². The van der Waals surface area contributed by atoms with Gasteiger partial charge in [-0.2, -0.15) is 5.10 Å². The molecule has 0 bridgehead atoms. The summed E-state index contributed by atoms with van der Waals surface area (Å²) in [6.07, 6.45) is 3.53. The summed E-state index contributed by atoms with van der Waals surface area (Å²) in [6.45, 7) is 7.94. The lowest BCUT2D eigenvalue weighted by atomic mass is 9.99. The Morgan fingerprint density at radius 3 is 2.88 bits per heavy atom. The first kappa shape index (κ1) is 26.9. The highest BCUT2D eigenvalue weighted by Crippen LogP contribution is 2.37. The van der Waals surface area contributed by atoms with Gasteiger partial charge in [-0.3, -0.25) is 9.48 Å². The summed E-state index contributed by atoms with van der Waals surface area (Å²) in [5, 5.41) is 14.3. The summed E-state index contributed by atoms with van der Waals surface area (Å²) in [7, 11) is 3.19. The molecule has 1 aliphatic heterocycles. The molecule has 0 saturated carbocycles. The molecule has 0 unspecified atom stereocenters. The van der Waals surface area contributed by atoms with Crippen molar-refractivity contribution in [3.05, 3.63) is 83.4 Å². The second kappa shape index (κ2) is 11.2. The van der Waals surface area contributed by atoms with E-state index in [0.29, 0.717) is 29.9 Å². The highest BCUT2D eigenvalue weighted by molar-refractivity contribution is 5.97. The zero-order valence-electron chi connectivity index (χ0n) is 22.1. The molecular weight excluding hydrogens is 513 g/mol. The van der Waals surface area contributed by atoms with E-state index < -0.39 is 5.82 Å². The number of aliphatic hydroxyl groups excluding tert-OH is 1. The van der Waals surface area contributed by atoms with Gasteiger partial charge in [0.15, 0.2) is 11.6 Å². The minimum Gasteiger partial charge on any atom is -0.496 e. The number of carbonyl (C=O) groups is 1. The number of methoxy groups -OCH3 is 1. The Morgan fingerprint density at radius 1 is 1.30 bits per heavy atom. The number of Topliss-reactive ketones (excluding diaryl/α,β-unsaturated/α-hetero) is 1. The number of halogens is 1. The second-order valence-electron chi connectivity index (χ2n) is 9.62. The van der Waals surface area contributed by atoms with Crippen molar-refractivity contribution in [2.24, 2.45) is 12.8 Å². The molecule has 0 radical (unpaired) electrons. The average molecular weight is 542 g/mol. The van der Waals surface area contributed by atoms with Crippen LogP contribution in [0.5, 0.6) is 5.75 Å². The molecule has 204 valence electrons. The third-order valence-corrected chi connectivity index (χ3v) is 7.08. The zero-order valence-corrected chi connectivity index (χ0v) is 22.1. The molecule has 0 spiro atoms. The number of nitrogens with two attached hydrogens (primary N) is 1. The maximum Gasteiger partial charge on any atom is 0.232 e. The van der Waals surface area contributed by atoms with E-state index in [0.717, 1.165) is 11.3 Å². The highest BCUT2D eigenvalue weighted by Gasteiger charge is 2.32. The number of nitrogens with zero attached hydrogens (tertiary/aromatic N) is 6. The number of aliphatic hydroxyl groups is 1. The quantitative estimate of drug-likeness (QED) is 0.256. The van der Waals surface area contributed by atoms with Crippen LogP contribution in [-0.4, -0.2) is 63.0 Å². The Bertz CT molecular complexity index is 1610. The molecule has 2 atom stereocenters. The number of aromatic nitrogens is 4. The molecule has 10 nitrogen and oxygen atoms in total. The predicted molar refractivity (Wildman–Crippen MR) is 148 cm³/mol. The van der Waals surface area contributed by atoms with E-state index >= 15 is 0 Å². The van der Waals surface area contributed by atoms with Crippen LogP contribution in [0.25, 0.3) is 27.5 Å². The number of hydrogen-bond acceptors (Lipinski definition) is 8. The van der Waals surface area contributed by atoms with Gasteiger partial charge in [0.25, 0.3) is 0 Å². The van der Waals surface area contributed by atoms with Gasteiger partial charge in [-0.1, -0.05) is 18.2 Å². The lowest BCUT2D eigenvalue weighted by molar-refractivity contribution is 0.0988. The molecule has 3 N–H and O–H groups in total. The summed E-state index contributed by atoms with van der Waals surface area (Å²) >= 11 is 0. The van der Waals surface area contributed by atoms with Gasteiger partial charge in [0.1, 0.15) is 17.3 Å². The molecular formula is C29H28FN7O3. The topological polar surface area (TPSA) is 124 Å². The highest BCUT2D eigenvalue weighted by atomic mass is 19.1. The molecule has 11 heteroatoms. The zero-order chi connectivity index (χ0) is 28.4. The van der Waals surface area contributed by atoms with Gasteiger partial charge in [-0.25, -0.2) is 19.2 Å². The average Bonchev–Trinajstić information content (AvgIpc) is 3.54. The van der Waals surface area contributed by atoms with Crippen LogP contribution in [0.1, 0.15) is 22.5 Å². The van der Waals surface area contributed by atoms with Crippen molar-refractivity contribution in [3.63, 3.8) is 0 Å². The lowest BCUT2D eigenvalue weighted by Crippen LogP contribution is -2.34. The SMILES string of the molecule is [C-]#[N+]c1cnn(C)c1-c1ccc(CC(=O)c2ccnc(-c3c(F)cccc3OC)n2)c(N2C[C@@H](N)C[C@H]2CO)c1. The second-order valence-corrected chi connectivity index (χ2v) is 9.62. The van der Waals surface area contributed by atoms with Gasteiger partial charge in [0.05, 0.1) is 43.8 Å². The van der Waals surface area contributed by atoms with Crippen molar-refractivity contribution in [1.82, 2.24) is 19.7 Å². The van der Waals surface area contributed by atoms with Gasteiger partial charge in [0.2, 0.25) is 5.69 Å². The molecule has 40 heavy (non-hydrogen) atoms. The fraction of sp³-hybridized carbons (Fsp3) is 0.276. The summed E-state index contributed by atoms with van der Waals surface area (Å²) in [4.78, 5) is 27.7. The Morgan fingerprint density at radius 2 is 2.12 bits per heavy atom. The first-order valence-corrected chi connectivity index (χ1v) is 12.7. The number of ketones is 1. The van der Waals surface area contributed by atoms with E-state index in [1.165, 1.54) is 37.7 Å². The van der Waals surface area contributed by atoms with Crippen molar-refractivity contribution in [1.29, 1.82) is 0 Å². The van der Waals surface area contributed by atoms with Crippen LogP contribution in [0.2, 0.25) is 0 Å². The molecule has 4 aromatic rings. The monoisotopic (exact) mass is 541 g/mol. The number of rotatable bonds is 8. The summed E-state index contributed by atoms with van der Waals surface area (Å²) in [6, 6.07) is 11.1. The van der Waals surface area contributed by atoms with Crippen molar-refractivity contribution in [2.75, 3.05) is 25.2 Å². The maximum atomic E-state index is 14.7. The van der Waals surface area contributed by atoms with Gasteiger partial charge in [-0.15, -0.1) is 0 Å². The number of aryl methyl sites for hydroxylation is 1. The molecule has 3 heterocycles. The van der Waals surface area contributed by atoms with Crippen LogP contribution >= 0.6 is 0 Å². The lowest BCUT2D eigenvalue weighted by Gasteiger charge is -2.28. The van der Waals surface area contributed by atoms with Gasteiger partial charge in [-0.05, 0) is 41.8 Å². The van der Waals surface area contributed by atoms with Crippen LogP contribution in [0, 0.1) is 12.4 Å². The Kier molecular flexibility index (Phi) is 7.55. The van der Waals surface area contributed by atoms with Crippen molar-refractivity contribution < 1.29 is 19.0 Å². The number of anilines is 1. The molecule has 1 fully saturated rings. The van der Waals surface area contributed by atoms with Crippen LogP contribution in [-0.2, 0) is 13.5 Å². The van der Waals surface area contributed by atoms with Gasteiger partial charge < -0.3 is 20.5 Å². The van der Waals surface area contributed by atoms with Crippen LogP contribution < -0.4 is 15.4 Å². The number of ether oxygens (including phenoxy) is 1. The van der Waals surface area contributed by atoms with Crippen LogP contribution in [0.3, 0.4) is 0 Å². The molecule has 0 aliphatic carbocycles. The Balaban J connectivity index is 1.54. The van der Waals surface area contributed by atoms with Crippen molar-refractivity contribution >= 4 is 17.2 Å². The molecule has 5 rings (SSSR count). The molecule has 2 aromatic heterocycles. The minimum atomic E-state index is -0.559. The normalized spacial score (nSPS) is 16.6. The fourth-order valence-electron chi connectivity index (χ4n) is 5.18. The summed E-state index contributed by atoms with van der Waals surface area (Å²) in [5.74, 6) is -0.544. The third kappa shape index (κ3) is 5.02. The van der Waals surface area contributed by atoms with E-state index in [-0.39, 0.29) is 53.7 Å². The smallest absolute Gasteiger partial charge is 0.232 e. The summed E-state index contributed by atoms with van der Waals surface area (Å²) in [5.41, 5.74) is 9.71. The summed E-state index contributed by atoms with van der Waals surface area (Å²) < 4.78 is 21.6. The number of hydrogen-bond donors (Lipinski definition) is 2. The number of benzene rings is 2. The predicted octanol–water partition coefficient (Wildman–Crippen LogP) is 3.57.